The molecule has 1 amide bonds. The van der Waals surface area contributed by atoms with Gasteiger partial charge in [-0.25, -0.2) is 0 Å². The first kappa shape index (κ1) is 13.4. The molecule has 3 aromatic rings. The van der Waals surface area contributed by atoms with E-state index in [2.05, 4.69) is 10.1 Å². The number of hydrogen-bond acceptors (Lipinski definition) is 3. The van der Waals surface area contributed by atoms with Gasteiger partial charge in [0.05, 0.1) is 12.2 Å². The lowest BCUT2D eigenvalue weighted by Crippen LogP contribution is -2.26. The molecule has 0 spiro atoms. The van der Waals surface area contributed by atoms with Crippen LogP contribution in [0.5, 0.6) is 0 Å². The van der Waals surface area contributed by atoms with E-state index in [1.807, 2.05) is 44.2 Å². The Hall–Kier alpha value is -2.56. The van der Waals surface area contributed by atoms with Gasteiger partial charge in [-0.05, 0) is 26.0 Å². The Bertz CT molecular complexity index is 748. The Balaban J connectivity index is 1.84. The van der Waals surface area contributed by atoms with Crippen LogP contribution in [0, 0.1) is 13.8 Å². The highest BCUT2D eigenvalue weighted by molar-refractivity contribution is 5.97. The van der Waals surface area contributed by atoms with E-state index in [9.17, 15) is 4.79 Å². The van der Waals surface area contributed by atoms with Gasteiger partial charge in [-0.2, -0.15) is 0 Å². The van der Waals surface area contributed by atoms with Gasteiger partial charge in [0, 0.05) is 23.5 Å². The smallest absolute Gasteiger partial charge is 0.270 e. The molecule has 0 radical (unpaired) electrons. The van der Waals surface area contributed by atoms with Gasteiger partial charge in [0.2, 0.25) is 0 Å². The Morgan fingerprint density at radius 3 is 2.76 bits per heavy atom. The molecule has 5 heteroatoms. The van der Waals surface area contributed by atoms with Crippen LogP contribution < -0.4 is 0 Å². The molecule has 5 nitrogen and oxygen atoms in total. The SMILES string of the molecule is Cc1noc(C)c1CN(C)C(=O)c1cc2ccccc2[nH]1. The number of hydrogen-bond donors (Lipinski definition) is 1. The van der Waals surface area contributed by atoms with Gasteiger partial charge in [0.25, 0.3) is 5.91 Å². The normalized spacial score (nSPS) is 11.0. The highest BCUT2D eigenvalue weighted by Crippen LogP contribution is 2.18. The molecule has 0 aliphatic rings. The number of amides is 1. The standard InChI is InChI=1S/C16H17N3O2/c1-10-13(11(2)21-18-10)9-19(3)16(20)15-8-12-6-4-5-7-14(12)17-15/h4-8,17H,9H2,1-3H3. The van der Waals surface area contributed by atoms with Crippen LogP contribution in [0.15, 0.2) is 34.9 Å². The summed E-state index contributed by atoms with van der Waals surface area (Å²) in [6.07, 6.45) is 0. The predicted octanol–water partition coefficient (Wildman–Crippen LogP) is 3.04. The van der Waals surface area contributed by atoms with Gasteiger partial charge in [0.1, 0.15) is 11.5 Å². The monoisotopic (exact) mass is 283 g/mol. The molecule has 1 N–H and O–H groups in total. The molecule has 2 aromatic heterocycles. The van der Waals surface area contributed by atoms with Crippen LogP contribution in [0.2, 0.25) is 0 Å². The van der Waals surface area contributed by atoms with Crippen LogP contribution in [-0.4, -0.2) is 28.0 Å². The number of aromatic nitrogens is 2. The minimum Gasteiger partial charge on any atom is -0.361 e. The summed E-state index contributed by atoms with van der Waals surface area (Å²) in [5.41, 5.74) is 3.34. The molecule has 0 atom stereocenters. The number of para-hydroxylation sites is 1. The Morgan fingerprint density at radius 1 is 1.33 bits per heavy atom. The number of rotatable bonds is 3. The summed E-state index contributed by atoms with van der Waals surface area (Å²) < 4.78 is 5.13. The summed E-state index contributed by atoms with van der Waals surface area (Å²) in [4.78, 5) is 17.3. The highest BCUT2D eigenvalue weighted by atomic mass is 16.5. The molecular formula is C16H17N3O2. The summed E-state index contributed by atoms with van der Waals surface area (Å²) in [5.74, 6) is 0.704. The molecule has 2 heterocycles. The van der Waals surface area contributed by atoms with Crippen molar-refractivity contribution in [3.05, 3.63) is 53.0 Å². The zero-order valence-corrected chi connectivity index (χ0v) is 12.3. The second-order valence-corrected chi connectivity index (χ2v) is 5.23. The van der Waals surface area contributed by atoms with Crippen LogP contribution in [0.3, 0.4) is 0 Å². The maximum Gasteiger partial charge on any atom is 0.270 e. The highest BCUT2D eigenvalue weighted by Gasteiger charge is 2.18. The third kappa shape index (κ3) is 2.42. The number of aromatic amines is 1. The van der Waals surface area contributed by atoms with Crippen molar-refractivity contribution in [2.24, 2.45) is 0 Å². The van der Waals surface area contributed by atoms with Crippen molar-refractivity contribution in [1.82, 2.24) is 15.0 Å². The first-order valence-corrected chi connectivity index (χ1v) is 6.81. The first-order valence-electron chi connectivity index (χ1n) is 6.81. The number of fused-ring (bicyclic) bond motifs is 1. The molecule has 108 valence electrons. The van der Waals surface area contributed by atoms with E-state index in [0.29, 0.717) is 12.2 Å². The van der Waals surface area contributed by atoms with Crippen molar-refractivity contribution in [2.75, 3.05) is 7.05 Å². The maximum absolute atomic E-state index is 12.5. The number of nitrogens with zero attached hydrogens (tertiary/aromatic N) is 2. The summed E-state index contributed by atoms with van der Waals surface area (Å²) in [5, 5.41) is 4.95. The molecule has 0 saturated carbocycles. The quantitative estimate of drug-likeness (QED) is 0.803. The van der Waals surface area contributed by atoms with E-state index in [-0.39, 0.29) is 5.91 Å². The van der Waals surface area contributed by atoms with Gasteiger partial charge in [-0.1, -0.05) is 23.4 Å². The zero-order valence-electron chi connectivity index (χ0n) is 12.3. The van der Waals surface area contributed by atoms with Crippen molar-refractivity contribution in [3.63, 3.8) is 0 Å². The third-order valence-electron chi connectivity index (χ3n) is 3.68. The van der Waals surface area contributed by atoms with E-state index in [1.165, 1.54) is 0 Å². The molecule has 0 aliphatic carbocycles. The van der Waals surface area contributed by atoms with Crippen molar-refractivity contribution >= 4 is 16.8 Å². The lowest BCUT2D eigenvalue weighted by Gasteiger charge is -2.16. The number of H-pyrrole nitrogens is 1. The summed E-state index contributed by atoms with van der Waals surface area (Å²) >= 11 is 0. The molecule has 0 aliphatic heterocycles. The Morgan fingerprint density at radius 2 is 2.10 bits per heavy atom. The zero-order chi connectivity index (χ0) is 15.0. The molecule has 0 saturated heterocycles. The second kappa shape index (κ2) is 5.09. The maximum atomic E-state index is 12.5. The minimum absolute atomic E-state index is 0.0498. The first-order chi connectivity index (χ1) is 10.1. The van der Waals surface area contributed by atoms with Gasteiger partial charge in [0.15, 0.2) is 0 Å². The molecule has 0 unspecified atom stereocenters. The van der Waals surface area contributed by atoms with Crippen LogP contribution in [0.4, 0.5) is 0 Å². The molecule has 0 bridgehead atoms. The summed E-state index contributed by atoms with van der Waals surface area (Å²) in [6, 6.07) is 9.72. The van der Waals surface area contributed by atoms with Gasteiger partial charge in [-0.15, -0.1) is 0 Å². The third-order valence-corrected chi connectivity index (χ3v) is 3.68. The summed E-state index contributed by atoms with van der Waals surface area (Å²) in [7, 11) is 1.78. The largest absolute Gasteiger partial charge is 0.361 e. The van der Waals surface area contributed by atoms with Gasteiger partial charge >= 0.3 is 0 Å². The number of nitrogens with one attached hydrogen (secondary N) is 1. The molecule has 1 aromatic carbocycles. The second-order valence-electron chi connectivity index (χ2n) is 5.23. The topological polar surface area (TPSA) is 62.1 Å². The van der Waals surface area contributed by atoms with E-state index in [4.69, 9.17) is 4.52 Å². The Labute approximate surface area is 122 Å². The van der Waals surface area contributed by atoms with Crippen molar-refractivity contribution in [1.29, 1.82) is 0 Å². The molecule has 21 heavy (non-hydrogen) atoms. The van der Waals surface area contributed by atoms with Gasteiger partial charge < -0.3 is 14.4 Å². The average Bonchev–Trinajstić information content (AvgIpc) is 3.04. The van der Waals surface area contributed by atoms with Crippen LogP contribution in [-0.2, 0) is 6.54 Å². The van der Waals surface area contributed by atoms with E-state index >= 15 is 0 Å². The van der Waals surface area contributed by atoms with Crippen LogP contribution in [0.1, 0.15) is 27.5 Å². The van der Waals surface area contributed by atoms with E-state index < -0.39 is 0 Å². The van der Waals surface area contributed by atoms with E-state index in [1.54, 1.807) is 11.9 Å². The summed E-state index contributed by atoms with van der Waals surface area (Å²) in [6.45, 7) is 4.22. The molecular weight excluding hydrogens is 266 g/mol. The fourth-order valence-corrected chi connectivity index (χ4v) is 2.43. The van der Waals surface area contributed by atoms with Crippen LogP contribution >= 0.6 is 0 Å². The van der Waals surface area contributed by atoms with Crippen molar-refractivity contribution in [3.8, 4) is 0 Å². The van der Waals surface area contributed by atoms with E-state index in [0.717, 1.165) is 27.9 Å². The van der Waals surface area contributed by atoms with Gasteiger partial charge in [-0.3, -0.25) is 4.79 Å². The fourth-order valence-electron chi connectivity index (χ4n) is 2.43. The minimum atomic E-state index is -0.0498. The number of aryl methyl sites for hydroxylation is 2. The number of carbonyl (C=O) groups is 1. The fraction of sp³-hybridized carbons (Fsp3) is 0.250. The lowest BCUT2D eigenvalue weighted by molar-refractivity contribution is 0.0779. The number of benzene rings is 1. The average molecular weight is 283 g/mol. The lowest BCUT2D eigenvalue weighted by atomic mass is 10.2. The Kier molecular flexibility index (Phi) is 3.25. The predicted molar refractivity (Wildman–Crippen MR) is 80.1 cm³/mol. The molecule has 0 fully saturated rings. The van der Waals surface area contributed by atoms with Crippen LogP contribution in [0.25, 0.3) is 10.9 Å². The number of carbonyl (C=O) groups excluding carboxylic acids is 1. The molecule has 3 rings (SSSR count). The van der Waals surface area contributed by atoms with Crippen molar-refractivity contribution in [2.45, 2.75) is 20.4 Å². The van der Waals surface area contributed by atoms with Crippen molar-refractivity contribution < 1.29 is 9.32 Å².